The van der Waals surface area contributed by atoms with Crippen LogP contribution in [-0.4, -0.2) is 36.1 Å². The molecule has 0 spiro atoms. The highest BCUT2D eigenvalue weighted by Crippen LogP contribution is 2.21. The van der Waals surface area contributed by atoms with Crippen molar-refractivity contribution >= 4 is 0 Å². The number of rotatable bonds is 2. The number of piperazine rings is 1. The normalized spacial score (nSPS) is 20.1. The van der Waals surface area contributed by atoms with Crippen LogP contribution in [-0.2, 0) is 0 Å². The molecule has 1 unspecified atom stereocenters. The molecule has 1 atom stereocenters. The van der Waals surface area contributed by atoms with Crippen LogP contribution in [0.1, 0.15) is 24.1 Å². The van der Waals surface area contributed by atoms with Gasteiger partial charge in [0.05, 0.1) is 6.20 Å². The third kappa shape index (κ3) is 2.36. The van der Waals surface area contributed by atoms with Gasteiger partial charge in [-0.2, -0.15) is 0 Å². The SMILES string of the molecule is Cc1ccn[c]c1C(C)N1CCNCC1. The predicted octanol–water partition coefficient (Wildman–Crippen LogP) is 1.16. The van der Waals surface area contributed by atoms with E-state index in [1.54, 1.807) is 0 Å². The van der Waals surface area contributed by atoms with Crippen molar-refractivity contribution in [1.29, 1.82) is 0 Å². The van der Waals surface area contributed by atoms with E-state index in [-0.39, 0.29) is 0 Å². The lowest BCUT2D eigenvalue weighted by Crippen LogP contribution is -2.44. The molecule has 1 radical (unpaired) electrons. The summed E-state index contributed by atoms with van der Waals surface area (Å²) in [4.78, 5) is 6.58. The Kier molecular flexibility index (Phi) is 3.34. The van der Waals surface area contributed by atoms with Gasteiger partial charge in [0, 0.05) is 38.4 Å². The summed E-state index contributed by atoms with van der Waals surface area (Å²) in [6.07, 6.45) is 4.93. The van der Waals surface area contributed by atoms with Crippen molar-refractivity contribution in [3.63, 3.8) is 0 Å². The maximum Gasteiger partial charge on any atom is 0.0940 e. The number of aromatic nitrogens is 1. The first-order valence-electron chi connectivity index (χ1n) is 5.57. The number of hydrogen-bond donors (Lipinski definition) is 1. The third-order valence-corrected chi connectivity index (χ3v) is 3.13. The number of hydrogen-bond acceptors (Lipinski definition) is 3. The van der Waals surface area contributed by atoms with Crippen molar-refractivity contribution in [3.05, 3.63) is 29.6 Å². The molecule has 15 heavy (non-hydrogen) atoms. The molecule has 1 aliphatic heterocycles. The Balaban J connectivity index is 2.12. The molecule has 1 N–H and O–H groups in total. The van der Waals surface area contributed by atoms with Crippen LogP contribution >= 0.6 is 0 Å². The van der Waals surface area contributed by atoms with E-state index in [4.69, 9.17) is 0 Å². The molecule has 1 aliphatic rings. The summed E-state index contributed by atoms with van der Waals surface area (Å²) in [5.41, 5.74) is 2.52. The first-order chi connectivity index (χ1) is 7.29. The number of nitrogens with zero attached hydrogens (tertiary/aromatic N) is 2. The molecule has 1 aromatic heterocycles. The van der Waals surface area contributed by atoms with Crippen LogP contribution < -0.4 is 5.32 Å². The molecule has 3 nitrogen and oxygen atoms in total. The zero-order valence-electron chi connectivity index (χ0n) is 9.45. The van der Waals surface area contributed by atoms with Crippen molar-refractivity contribution in [2.24, 2.45) is 0 Å². The fourth-order valence-corrected chi connectivity index (χ4v) is 2.11. The zero-order chi connectivity index (χ0) is 10.7. The minimum atomic E-state index is 0.431. The molecule has 3 heteroatoms. The molecular weight excluding hydrogens is 186 g/mol. The van der Waals surface area contributed by atoms with Crippen LogP contribution in [0.3, 0.4) is 0 Å². The zero-order valence-corrected chi connectivity index (χ0v) is 9.45. The van der Waals surface area contributed by atoms with E-state index in [0.717, 1.165) is 26.2 Å². The first kappa shape index (κ1) is 10.6. The average Bonchev–Trinajstić information content (AvgIpc) is 2.30. The van der Waals surface area contributed by atoms with Gasteiger partial charge < -0.3 is 5.32 Å². The van der Waals surface area contributed by atoms with E-state index >= 15 is 0 Å². The maximum atomic E-state index is 4.09. The Morgan fingerprint density at radius 1 is 1.47 bits per heavy atom. The number of aryl methyl sites for hydroxylation is 1. The maximum absolute atomic E-state index is 4.09. The van der Waals surface area contributed by atoms with E-state index < -0.39 is 0 Å². The topological polar surface area (TPSA) is 28.2 Å². The highest BCUT2D eigenvalue weighted by atomic mass is 15.2. The van der Waals surface area contributed by atoms with E-state index in [1.165, 1.54) is 11.1 Å². The van der Waals surface area contributed by atoms with Gasteiger partial charge in [0.15, 0.2) is 0 Å². The summed E-state index contributed by atoms with van der Waals surface area (Å²) in [6, 6.07) is 2.49. The lowest BCUT2D eigenvalue weighted by Gasteiger charge is -2.33. The van der Waals surface area contributed by atoms with Gasteiger partial charge in [-0.05, 0) is 31.0 Å². The van der Waals surface area contributed by atoms with Crippen LogP contribution in [0.2, 0.25) is 0 Å². The second kappa shape index (κ2) is 4.73. The van der Waals surface area contributed by atoms with Gasteiger partial charge in [-0.15, -0.1) is 0 Å². The molecule has 1 aromatic rings. The van der Waals surface area contributed by atoms with Crippen molar-refractivity contribution in [1.82, 2.24) is 15.2 Å². The molecule has 2 heterocycles. The average molecular weight is 204 g/mol. The Bertz CT molecular complexity index is 318. The summed E-state index contributed by atoms with van der Waals surface area (Å²) in [5.74, 6) is 0. The molecular formula is C12H18N3. The molecule has 81 valence electrons. The first-order valence-corrected chi connectivity index (χ1v) is 5.57. The van der Waals surface area contributed by atoms with Gasteiger partial charge in [-0.1, -0.05) is 0 Å². The summed E-state index contributed by atoms with van der Waals surface area (Å²) in [7, 11) is 0. The Morgan fingerprint density at radius 2 is 2.20 bits per heavy atom. The second-order valence-electron chi connectivity index (χ2n) is 4.12. The molecule has 0 bridgehead atoms. The summed E-state index contributed by atoms with van der Waals surface area (Å²) < 4.78 is 0. The monoisotopic (exact) mass is 204 g/mol. The summed E-state index contributed by atoms with van der Waals surface area (Å²) in [6.45, 7) is 8.78. The summed E-state index contributed by atoms with van der Waals surface area (Å²) in [5, 5.41) is 3.37. The van der Waals surface area contributed by atoms with Crippen molar-refractivity contribution in [3.8, 4) is 0 Å². The standard InChI is InChI=1S/C12H18N3/c1-10-3-4-14-9-12(10)11(2)15-7-5-13-6-8-15/h3-4,11,13H,5-8H2,1-2H3. The number of nitrogens with one attached hydrogen (secondary N) is 1. The highest BCUT2D eigenvalue weighted by molar-refractivity contribution is 5.23. The lowest BCUT2D eigenvalue weighted by molar-refractivity contribution is 0.184. The highest BCUT2D eigenvalue weighted by Gasteiger charge is 2.19. The Labute approximate surface area is 91.5 Å². The summed E-state index contributed by atoms with van der Waals surface area (Å²) >= 11 is 0. The quantitative estimate of drug-likeness (QED) is 0.783. The molecule has 0 aromatic carbocycles. The number of pyridine rings is 1. The van der Waals surface area contributed by atoms with Crippen molar-refractivity contribution in [2.75, 3.05) is 26.2 Å². The van der Waals surface area contributed by atoms with E-state index in [1.807, 2.05) is 6.20 Å². The lowest BCUT2D eigenvalue weighted by atomic mass is 10.0. The van der Waals surface area contributed by atoms with Gasteiger partial charge in [0.1, 0.15) is 0 Å². The minimum absolute atomic E-state index is 0.431. The minimum Gasteiger partial charge on any atom is -0.314 e. The molecule has 0 aliphatic carbocycles. The van der Waals surface area contributed by atoms with E-state index in [2.05, 4.69) is 41.3 Å². The van der Waals surface area contributed by atoms with Crippen LogP contribution in [0.5, 0.6) is 0 Å². The smallest absolute Gasteiger partial charge is 0.0940 e. The van der Waals surface area contributed by atoms with Gasteiger partial charge in [-0.3, -0.25) is 9.88 Å². The Hall–Kier alpha value is -0.930. The van der Waals surface area contributed by atoms with Gasteiger partial charge in [0.2, 0.25) is 0 Å². The predicted molar refractivity (Wildman–Crippen MR) is 60.7 cm³/mol. The second-order valence-corrected chi connectivity index (χ2v) is 4.12. The van der Waals surface area contributed by atoms with E-state index in [9.17, 15) is 0 Å². The van der Waals surface area contributed by atoms with Crippen LogP contribution in [0.25, 0.3) is 0 Å². The van der Waals surface area contributed by atoms with Crippen LogP contribution in [0.4, 0.5) is 0 Å². The third-order valence-electron chi connectivity index (χ3n) is 3.13. The van der Waals surface area contributed by atoms with Gasteiger partial charge >= 0.3 is 0 Å². The van der Waals surface area contributed by atoms with Crippen LogP contribution in [0, 0.1) is 13.1 Å². The van der Waals surface area contributed by atoms with Crippen LogP contribution in [0.15, 0.2) is 12.3 Å². The fraction of sp³-hybridized carbons (Fsp3) is 0.583. The molecule has 1 fully saturated rings. The van der Waals surface area contributed by atoms with Crippen molar-refractivity contribution in [2.45, 2.75) is 19.9 Å². The largest absolute Gasteiger partial charge is 0.314 e. The molecule has 0 saturated carbocycles. The Morgan fingerprint density at radius 3 is 2.87 bits per heavy atom. The van der Waals surface area contributed by atoms with Gasteiger partial charge in [-0.25, -0.2) is 0 Å². The molecule has 2 rings (SSSR count). The van der Waals surface area contributed by atoms with Gasteiger partial charge in [0.25, 0.3) is 0 Å². The molecule has 1 saturated heterocycles. The van der Waals surface area contributed by atoms with Crippen molar-refractivity contribution < 1.29 is 0 Å². The fourth-order valence-electron chi connectivity index (χ4n) is 2.11. The van der Waals surface area contributed by atoms with E-state index in [0.29, 0.717) is 6.04 Å². The molecule has 0 amide bonds.